The Morgan fingerprint density at radius 2 is 1.80 bits per heavy atom. The molecule has 1 aromatic heterocycles. The molecule has 1 heterocycles. The second kappa shape index (κ2) is 4.39. The number of ether oxygens (including phenoxy) is 1. The third-order valence-corrected chi connectivity index (χ3v) is 1.75. The van der Waals surface area contributed by atoms with Crippen LogP contribution in [0.2, 0.25) is 0 Å². The predicted octanol–water partition coefficient (Wildman–Crippen LogP) is 1.55. The Hall–Kier alpha value is -2.14. The van der Waals surface area contributed by atoms with Gasteiger partial charge in [0.25, 0.3) is 0 Å². The first-order valence-corrected chi connectivity index (χ1v) is 4.42. The number of nitrogens with two attached hydrogens (primary N) is 1. The van der Waals surface area contributed by atoms with Gasteiger partial charge in [0.2, 0.25) is 5.88 Å². The average molecular weight is 202 g/mol. The summed E-state index contributed by atoms with van der Waals surface area (Å²) in [7, 11) is 0. The molecule has 1 aromatic carbocycles. The molecule has 0 unspecified atom stereocenters. The van der Waals surface area contributed by atoms with Crippen molar-refractivity contribution in [2.75, 3.05) is 5.43 Å². The number of anilines is 1. The van der Waals surface area contributed by atoms with Crippen molar-refractivity contribution in [1.82, 2.24) is 10.2 Å². The number of hydrazine groups is 1. The number of aromatic nitrogens is 2. The van der Waals surface area contributed by atoms with Gasteiger partial charge in [-0.3, -0.25) is 0 Å². The van der Waals surface area contributed by atoms with Gasteiger partial charge in [0.05, 0.1) is 0 Å². The first-order valence-electron chi connectivity index (χ1n) is 4.42. The van der Waals surface area contributed by atoms with E-state index in [1.807, 2.05) is 30.3 Å². The Morgan fingerprint density at radius 3 is 2.40 bits per heavy atom. The van der Waals surface area contributed by atoms with Gasteiger partial charge in [0.1, 0.15) is 5.75 Å². The SMILES string of the molecule is NNc1ccc(Oc2ccccc2)nn1. The highest BCUT2D eigenvalue weighted by Gasteiger charge is 1.98. The van der Waals surface area contributed by atoms with Gasteiger partial charge in [0, 0.05) is 6.07 Å². The lowest BCUT2D eigenvalue weighted by atomic mass is 10.3. The van der Waals surface area contributed by atoms with Gasteiger partial charge >= 0.3 is 0 Å². The number of hydrogen-bond acceptors (Lipinski definition) is 5. The van der Waals surface area contributed by atoms with Crippen LogP contribution in [0, 0.1) is 0 Å². The van der Waals surface area contributed by atoms with E-state index in [1.54, 1.807) is 12.1 Å². The van der Waals surface area contributed by atoms with Gasteiger partial charge in [0.15, 0.2) is 5.82 Å². The molecule has 5 heteroatoms. The van der Waals surface area contributed by atoms with E-state index in [9.17, 15) is 0 Å². The molecule has 0 aliphatic rings. The standard InChI is InChI=1S/C10H10N4O/c11-12-9-6-7-10(14-13-9)15-8-4-2-1-3-5-8/h1-7H,11H2,(H,12,13). The van der Waals surface area contributed by atoms with Gasteiger partial charge in [-0.1, -0.05) is 18.2 Å². The molecular weight excluding hydrogens is 192 g/mol. The Bertz CT molecular complexity index is 415. The first kappa shape index (κ1) is 9.42. The molecule has 5 nitrogen and oxygen atoms in total. The maximum atomic E-state index is 5.44. The lowest BCUT2D eigenvalue weighted by Gasteiger charge is -2.03. The van der Waals surface area contributed by atoms with Crippen molar-refractivity contribution in [3.63, 3.8) is 0 Å². The van der Waals surface area contributed by atoms with Crippen LogP contribution in [0.5, 0.6) is 11.6 Å². The molecule has 0 bridgehead atoms. The maximum Gasteiger partial charge on any atom is 0.238 e. The first-order chi connectivity index (χ1) is 7.38. The Kier molecular flexibility index (Phi) is 2.75. The lowest BCUT2D eigenvalue weighted by Crippen LogP contribution is -2.08. The normalized spacial score (nSPS) is 9.67. The number of hydrogen-bond donors (Lipinski definition) is 2. The topological polar surface area (TPSA) is 73.1 Å². The highest BCUT2D eigenvalue weighted by Crippen LogP contribution is 2.17. The number of nitrogens with one attached hydrogen (secondary N) is 1. The van der Waals surface area contributed by atoms with Crippen molar-refractivity contribution in [2.45, 2.75) is 0 Å². The summed E-state index contributed by atoms with van der Waals surface area (Å²) < 4.78 is 5.44. The zero-order valence-electron chi connectivity index (χ0n) is 7.92. The van der Waals surface area contributed by atoms with Crippen LogP contribution >= 0.6 is 0 Å². The lowest BCUT2D eigenvalue weighted by molar-refractivity contribution is 0.455. The summed E-state index contributed by atoms with van der Waals surface area (Å²) in [4.78, 5) is 0. The highest BCUT2D eigenvalue weighted by molar-refractivity contribution is 5.33. The van der Waals surface area contributed by atoms with E-state index < -0.39 is 0 Å². The largest absolute Gasteiger partial charge is 0.438 e. The zero-order valence-corrected chi connectivity index (χ0v) is 7.92. The van der Waals surface area contributed by atoms with Crippen LogP contribution in [0.3, 0.4) is 0 Å². The monoisotopic (exact) mass is 202 g/mol. The molecule has 0 radical (unpaired) electrons. The number of benzene rings is 1. The minimum atomic E-state index is 0.431. The van der Waals surface area contributed by atoms with Crippen molar-refractivity contribution < 1.29 is 4.74 Å². The molecule has 76 valence electrons. The summed E-state index contributed by atoms with van der Waals surface area (Å²) in [5.74, 6) is 6.81. The fourth-order valence-corrected chi connectivity index (χ4v) is 1.06. The van der Waals surface area contributed by atoms with Gasteiger partial charge in [-0.2, -0.15) is 0 Å². The molecule has 15 heavy (non-hydrogen) atoms. The molecule has 0 spiro atoms. The number of nitrogen functional groups attached to an aromatic ring is 1. The summed E-state index contributed by atoms with van der Waals surface area (Å²) in [5, 5.41) is 7.61. The summed E-state index contributed by atoms with van der Waals surface area (Å²) in [5.41, 5.74) is 2.39. The molecule has 0 saturated heterocycles. The molecule has 0 saturated carbocycles. The molecule has 3 N–H and O–H groups in total. The number of rotatable bonds is 3. The van der Waals surface area contributed by atoms with E-state index in [1.165, 1.54) is 0 Å². The number of nitrogens with zero attached hydrogens (tertiary/aromatic N) is 2. The van der Waals surface area contributed by atoms with Crippen molar-refractivity contribution in [3.05, 3.63) is 42.5 Å². The zero-order chi connectivity index (χ0) is 10.5. The van der Waals surface area contributed by atoms with Crippen LogP contribution in [-0.2, 0) is 0 Å². The molecule has 0 aliphatic heterocycles. The van der Waals surface area contributed by atoms with Crippen molar-refractivity contribution in [2.24, 2.45) is 5.84 Å². The molecule has 0 fully saturated rings. The van der Waals surface area contributed by atoms with Crippen molar-refractivity contribution in [3.8, 4) is 11.6 Å². The van der Waals surface area contributed by atoms with Gasteiger partial charge in [-0.15, -0.1) is 10.2 Å². The molecule has 0 aliphatic carbocycles. The van der Waals surface area contributed by atoms with Crippen LogP contribution in [0.25, 0.3) is 0 Å². The van der Waals surface area contributed by atoms with E-state index in [2.05, 4.69) is 15.6 Å². The molecule has 0 amide bonds. The van der Waals surface area contributed by atoms with E-state index >= 15 is 0 Å². The number of para-hydroxylation sites is 1. The van der Waals surface area contributed by atoms with Gasteiger partial charge in [-0.05, 0) is 18.2 Å². The molecular formula is C10H10N4O. The second-order valence-corrected chi connectivity index (χ2v) is 2.82. The Morgan fingerprint density at radius 1 is 1.00 bits per heavy atom. The Balaban J connectivity index is 2.11. The third kappa shape index (κ3) is 2.41. The second-order valence-electron chi connectivity index (χ2n) is 2.82. The van der Waals surface area contributed by atoms with Gasteiger partial charge < -0.3 is 10.2 Å². The average Bonchev–Trinajstić information content (AvgIpc) is 2.31. The van der Waals surface area contributed by atoms with E-state index in [4.69, 9.17) is 10.6 Å². The summed E-state index contributed by atoms with van der Waals surface area (Å²) in [6.45, 7) is 0. The quantitative estimate of drug-likeness (QED) is 0.583. The van der Waals surface area contributed by atoms with Crippen LogP contribution in [0.15, 0.2) is 42.5 Å². The molecule has 2 rings (SSSR count). The van der Waals surface area contributed by atoms with E-state index in [-0.39, 0.29) is 0 Å². The van der Waals surface area contributed by atoms with Crippen molar-refractivity contribution >= 4 is 5.82 Å². The van der Waals surface area contributed by atoms with Crippen LogP contribution in [-0.4, -0.2) is 10.2 Å². The Labute approximate surface area is 86.9 Å². The van der Waals surface area contributed by atoms with Crippen molar-refractivity contribution in [1.29, 1.82) is 0 Å². The van der Waals surface area contributed by atoms with Crippen LogP contribution in [0.4, 0.5) is 5.82 Å². The summed E-state index contributed by atoms with van der Waals surface area (Å²) >= 11 is 0. The van der Waals surface area contributed by atoms with Crippen LogP contribution < -0.4 is 16.0 Å². The van der Waals surface area contributed by atoms with Gasteiger partial charge in [-0.25, -0.2) is 5.84 Å². The smallest absolute Gasteiger partial charge is 0.238 e. The highest BCUT2D eigenvalue weighted by atomic mass is 16.5. The predicted molar refractivity (Wildman–Crippen MR) is 56.4 cm³/mol. The minimum Gasteiger partial charge on any atom is -0.438 e. The third-order valence-electron chi connectivity index (χ3n) is 1.75. The van der Waals surface area contributed by atoms with Crippen LogP contribution in [0.1, 0.15) is 0 Å². The fraction of sp³-hybridized carbons (Fsp3) is 0. The molecule has 2 aromatic rings. The van der Waals surface area contributed by atoms with E-state index in [0.717, 1.165) is 5.75 Å². The summed E-state index contributed by atoms with van der Waals surface area (Å²) in [6.07, 6.45) is 0. The maximum absolute atomic E-state index is 5.44. The molecule has 0 atom stereocenters. The summed E-state index contributed by atoms with van der Waals surface area (Å²) in [6, 6.07) is 12.8. The van der Waals surface area contributed by atoms with E-state index in [0.29, 0.717) is 11.7 Å². The fourth-order valence-electron chi connectivity index (χ4n) is 1.06. The minimum absolute atomic E-state index is 0.431.